The van der Waals surface area contributed by atoms with Gasteiger partial charge in [-0.05, 0) is 43.9 Å². The van der Waals surface area contributed by atoms with Crippen LogP contribution >= 0.6 is 0 Å². The van der Waals surface area contributed by atoms with E-state index in [1.807, 2.05) is 6.92 Å². The van der Waals surface area contributed by atoms with Gasteiger partial charge in [-0.25, -0.2) is 0 Å². The summed E-state index contributed by atoms with van der Waals surface area (Å²) in [5, 5.41) is 3.63. The van der Waals surface area contributed by atoms with E-state index in [-0.39, 0.29) is 0 Å². The quantitative estimate of drug-likeness (QED) is 0.845. The van der Waals surface area contributed by atoms with Gasteiger partial charge < -0.3 is 9.73 Å². The first-order valence-electron chi connectivity index (χ1n) is 6.95. The molecule has 1 aromatic heterocycles. The molecule has 1 aromatic rings. The van der Waals surface area contributed by atoms with Crippen LogP contribution in [0.2, 0.25) is 0 Å². The number of furan rings is 1. The van der Waals surface area contributed by atoms with E-state index in [4.69, 9.17) is 4.42 Å². The van der Waals surface area contributed by atoms with Crippen molar-refractivity contribution >= 4 is 0 Å². The van der Waals surface area contributed by atoms with E-state index in [9.17, 15) is 0 Å². The molecule has 0 saturated heterocycles. The molecule has 1 fully saturated rings. The first kappa shape index (κ1) is 12.7. The van der Waals surface area contributed by atoms with Crippen molar-refractivity contribution in [3.8, 4) is 0 Å². The minimum absolute atomic E-state index is 0.360. The van der Waals surface area contributed by atoms with E-state index < -0.39 is 0 Å². The van der Waals surface area contributed by atoms with E-state index >= 15 is 0 Å². The van der Waals surface area contributed by atoms with Crippen molar-refractivity contribution in [3.63, 3.8) is 0 Å². The van der Waals surface area contributed by atoms with Crippen LogP contribution in [0.25, 0.3) is 0 Å². The average Bonchev–Trinajstić information content (AvgIpc) is 2.73. The summed E-state index contributed by atoms with van der Waals surface area (Å²) in [5.74, 6) is 2.14. The summed E-state index contributed by atoms with van der Waals surface area (Å²) in [6, 6.07) is 4.59. The minimum Gasteiger partial charge on any atom is -0.465 e. The molecule has 0 aliphatic heterocycles. The molecule has 1 atom stereocenters. The van der Waals surface area contributed by atoms with E-state index in [1.165, 1.54) is 32.1 Å². The highest BCUT2D eigenvalue weighted by Gasteiger charge is 2.37. The Kier molecular flexibility index (Phi) is 3.93. The van der Waals surface area contributed by atoms with Gasteiger partial charge in [-0.2, -0.15) is 0 Å². The third-order valence-electron chi connectivity index (χ3n) is 4.15. The van der Waals surface area contributed by atoms with E-state index in [0.29, 0.717) is 11.5 Å². The maximum atomic E-state index is 5.85. The molecule has 0 bridgehead atoms. The van der Waals surface area contributed by atoms with E-state index in [2.05, 4.69) is 31.3 Å². The fourth-order valence-electron chi connectivity index (χ4n) is 3.15. The summed E-state index contributed by atoms with van der Waals surface area (Å²) in [7, 11) is 0. The summed E-state index contributed by atoms with van der Waals surface area (Å²) in [5.41, 5.74) is 0.360. The third kappa shape index (κ3) is 2.74. The molecular weight excluding hydrogens is 210 g/mol. The Labute approximate surface area is 105 Å². The van der Waals surface area contributed by atoms with Crippen molar-refractivity contribution in [1.82, 2.24) is 5.32 Å². The largest absolute Gasteiger partial charge is 0.465 e. The zero-order valence-corrected chi connectivity index (χ0v) is 11.4. The molecule has 2 heteroatoms. The minimum atomic E-state index is 0.360. The van der Waals surface area contributed by atoms with Crippen LogP contribution in [0.4, 0.5) is 0 Å². The maximum absolute atomic E-state index is 5.85. The Morgan fingerprint density at radius 3 is 2.53 bits per heavy atom. The first-order valence-corrected chi connectivity index (χ1v) is 6.95. The molecule has 0 amide bonds. The summed E-state index contributed by atoms with van der Waals surface area (Å²) in [4.78, 5) is 0. The van der Waals surface area contributed by atoms with Crippen molar-refractivity contribution in [2.45, 2.75) is 58.9 Å². The second-order valence-corrected chi connectivity index (χ2v) is 5.65. The molecule has 2 nitrogen and oxygen atoms in total. The lowest BCUT2D eigenvalue weighted by Crippen LogP contribution is -2.37. The molecule has 1 N–H and O–H groups in total. The van der Waals surface area contributed by atoms with Gasteiger partial charge in [-0.15, -0.1) is 0 Å². The van der Waals surface area contributed by atoms with Gasteiger partial charge in [-0.1, -0.05) is 33.1 Å². The molecule has 2 rings (SSSR count). The molecular formula is C15H25NO. The lowest BCUT2D eigenvalue weighted by Gasteiger charge is -2.40. The number of hydrogen-bond acceptors (Lipinski definition) is 2. The zero-order chi connectivity index (χ0) is 12.3. The van der Waals surface area contributed by atoms with Gasteiger partial charge in [0.2, 0.25) is 0 Å². The van der Waals surface area contributed by atoms with Crippen LogP contribution in [0.15, 0.2) is 16.5 Å². The fraction of sp³-hybridized carbons (Fsp3) is 0.733. The predicted molar refractivity (Wildman–Crippen MR) is 71.1 cm³/mol. The van der Waals surface area contributed by atoms with Crippen LogP contribution in [-0.4, -0.2) is 6.54 Å². The second-order valence-electron chi connectivity index (χ2n) is 5.65. The molecule has 1 saturated carbocycles. The van der Waals surface area contributed by atoms with Crippen LogP contribution in [0.5, 0.6) is 0 Å². The molecule has 1 unspecified atom stereocenters. The number of nitrogens with one attached hydrogen (secondary N) is 1. The number of rotatable bonds is 4. The summed E-state index contributed by atoms with van der Waals surface area (Å²) < 4.78 is 5.85. The Morgan fingerprint density at radius 2 is 2.00 bits per heavy atom. The molecule has 17 heavy (non-hydrogen) atoms. The van der Waals surface area contributed by atoms with Gasteiger partial charge in [0, 0.05) is 0 Å². The monoisotopic (exact) mass is 235 g/mol. The number of aryl methyl sites for hydroxylation is 1. The molecule has 1 aliphatic rings. The summed E-state index contributed by atoms with van der Waals surface area (Å²) in [6.45, 7) is 7.61. The van der Waals surface area contributed by atoms with Crippen LogP contribution in [0, 0.1) is 12.3 Å². The van der Waals surface area contributed by atoms with Gasteiger partial charge in [0.1, 0.15) is 11.5 Å². The van der Waals surface area contributed by atoms with Crippen LogP contribution < -0.4 is 5.32 Å². The highest BCUT2D eigenvalue weighted by molar-refractivity contribution is 5.13. The molecule has 1 aliphatic carbocycles. The lowest BCUT2D eigenvalue weighted by molar-refractivity contribution is 0.129. The third-order valence-corrected chi connectivity index (χ3v) is 4.15. The highest BCUT2D eigenvalue weighted by Crippen LogP contribution is 2.45. The average molecular weight is 235 g/mol. The molecule has 0 aromatic carbocycles. The topological polar surface area (TPSA) is 25.2 Å². The van der Waals surface area contributed by atoms with Crippen molar-refractivity contribution < 1.29 is 4.42 Å². The van der Waals surface area contributed by atoms with Crippen molar-refractivity contribution in [1.29, 1.82) is 0 Å². The molecule has 0 spiro atoms. The van der Waals surface area contributed by atoms with Gasteiger partial charge in [0.25, 0.3) is 0 Å². The van der Waals surface area contributed by atoms with E-state index in [0.717, 1.165) is 18.1 Å². The van der Waals surface area contributed by atoms with Gasteiger partial charge >= 0.3 is 0 Å². The van der Waals surface area contributed by atoms with Crippen molar-refractivity contribution in [3.05, 3.63) is 23.7 Å². The van der Waals surface area contributed by atoms with Crippen LogP contribution in [-0.2, 0) is 0 Å². The van der Waals surface area contributed by atoms with Crippen LogP contribution in [0.3, 0.4) is 0 Å². The highest BCUT2D eigenvalue weighted by atomic mass is 16.3. The second kappa shape index (κ2) is 5.26. The SMILES string of the molecule is CCNC(c1ccc(C)o1)C1(C)CCCCC1. The van der Waals surface area contributed by atoms with Crippen LogP contribution in [0.1, 0.15) is 63.5 Å². The van der Waals surface area contributed by atoms with Gasteiger partial charge in [0.15, 0.2) is 0 Å². The lowest BCUT2D eigenvalue weighted by atomic mass is 9.70. The van der Waals surface area contributed by atoms with Crippen molar-refractivity contribution in [2.24, 2.45) is 5.41 Å². The summed E-state index contributed by atoms with van der Waals surface area (Å²) in [6.07, 6.45) is 6.73. The standard InChI is InChI=1S/C15H25NO/c1-4-16-14(13-9-8-12(2)17-13)15(3)10-6-5-7-11-15/h8-9,14,16H,4-7,10-11H2,1-3H3. The predicted octanol–water partition coefficient (Wildman–Crippen LogP) is 4.21. The smallest absolute Gasteiger partial charge is 0.121 e. The molecule has 96 valence electrons. The maximum Gasteiger partial charge on any atom is 0.121 e. The Balaban J connectivity index is 2.21. The fourth-order valence-corrected chi connectivity index (χ4v) is 3.15. The molecule has 1 heterocycles. The molecule has 0 radical (unpaired) electrons. The summed E-state index contributed by atoms with van der Waals surface area (Å²) >= 11 is 0. The van der Waals surface area contributed by atoms with E-state index in [1.54, 1.807) is 0 Å². The first-order chi connectivity index (χ1) is 8.15. The Morgan fingerprint density at radius 1 is 1.29 bits per heavy atom. The van der Waals surface area contributed by atoms with Crippen molar-refractivity contribution in [2.75, 3.05) is 6.54 Å². The zero-order valence-electron chi connectivity index (χ0n) is 11.4. The Hall–Kier alpha value is -0.760. The van der Waals surface area contributed by atoms with Gasteiger partial charge in [0.05, 0.1) is 6.04 Å². The normalized spacial score (nSPS) is 21.4. The number of hydrogen-bond donors (Lipinski definition) is 1. The Bertz CT molecular complexity index is 350. The van der Waals surface area contributed by atoms with Gasteiger partial charge in [-0.3, -0.25) is 0 Å².